The first-order chi connectivity index (χ1) is 9.44. The van der Waals surface area contributed by atoms with Crippen LogP contribution in [-0.4, -0.2) is 25.1 Å². The average Bonchev–Trinajstić information content (AvgIpc) is 2.77. The van der Waals surface area contributed by atoms with Gasteiger partial charge in [0.2, 0.25) is 0 Å². The molecule has 0 amide bonds. The number of benzene rings is 1. The van der Waals surface area contributed by atoms with E-state index in [1.54, 1.807) is 31.2 Å². The van der Waals surface area contributed by atoms with Crippen LogP contribution in [0.5, 0.6) is 0 Å². The molecule has 0 bridgehead atoms. The Hall–Kier alpha value is -0.990. The Morgan fingerprint density at radius 3 is 2.55 bits per heavy atom. The molecule has 0 radical (unpaired) electrons. The van der Waals surface area contributed by atoms with Gasteiger partial charge in [-0.2, -0.15) is 0 Å². The molecular weight excluding hydrogens is 320 g/mol. The van der Waals surface area contributed by atoms with Gasteiger partial charge in [-0.05, 0) is 12.5 Å². The monoisotopic (exact) mass is 332 g/mol. The molecule has 2 rings (SSSR count). The van der Waals surface area contributed by atoms with Crippen molar-refractivity contribution in [2.45, 2.75) is 17.2 Å². The van der Waals surface area contributed by atoms with Gasteiger partial charge in [-0.15, -0.1) is 0 Å². The zero-order valence-corrected chi connectivity index (χ0v) is 13.0. The summed E-state index contributed by atoms with van der Waals surface area (Å²) in [4.78, 5) is 3.89. The van der Waals surface area contributed by atoms with E-state index >= 15 is 0 Å². The van der Waals surface area contributed by atoms with Gasteiger partial charge in [-0.3, -0.25) is 0 Å². The lowest BCUT2D eigenvalue weighted by Crippen LogP contribution is -2.30. The molecule has 1 aromatic carbocycles. The highest BCUT2D eigenvalue weighted by Crippen LogP contribution is 2.28. The molecule has 2 N–H and O–H groups in total. The zero-order valence-electron chi connectivity index (χ0n) is 10.6. The molecule has 1 aromatic heterocycles. The maximum absolute atomic E-state index is 12.3. The summed E-state index contributed by atoms with van der Waals surface area (Å²) in [5, 5.41) is 9.40. The standard InChI is InChI=1S/C12H13ClN2O3S2/c1-8-11(19-12(13)14-8)20(17,18)15-10(7-16)9-5-3-2-4-6-9/h2-6,10,15-16H,7H2,1H3/t10-/m0/s1. The van der Waals surface area contributed by atoms with Gasteiger partial charge in [-0.25, -0.2) is 18.1 Å². The summed E-state index contributed by atoms with van der Waals surface area (Å²) in [6.07, 6.45) is 0. The maximum atomic E-state index is 12.3. The second-order valence-corrected chi connectivity index (χ2v) is 7.60. The number of aromatic nitrogens is 1. The Balaban J connectivity index is 2.29. The summed E-state index contributed by atoms with van der Waals surface area (Å²) in [7, 11) is -3.77. The lowest BCUT2D eigenvalue weighted by atomic mass is 10.1. The Kier molecular flexibility index (Phi) is 4.77. The van der Waals surface area contributed by atoms with Crippen LogP contribution >= 0.6 is 22.9 Å². The van der Waals surface area contributed by atoms with Crippen LogP contribution in [0.1, 0.15) is 17.3 Å². The summed E-state index contributed by atoms with van der Waals surface area (Å²) >= 11 is 6.62. The van der Waals surface area contributed by atoms with Crippen LogP contribution < -0.4 is 4.72 Å². The van der Waals surface area contributed by atoms with Gasteiger partial charge in [0.25, 0.3) is 10.0 Å². The molecular formula is C12H13ClN2O3S2. The second-order valence-electron chi connectivity index (χ2n) is 4.11. The van der Waals surface area contributed by atoms with E-state index < -0.39 is 16.1 Å². The summed E-state index contributed by atoms with van der Waals surface area (Å²) in [5.41, 5.74) is 1.03. The highest BCUT2D eigenvalue weighted by molar-refractivity contribution is 7.91. The first kappa shape index (κ1) is 15.4. The van der Waals surface area contributed by atoms with Gasteiger partial charge in [0.15, 0.2) is 8.68 Å². The van der Waals surface area contributed by atoms with Crippen LogP contribution in [0.2, 0.25) is 4.47 Å². The minimum Gasteiger partial charge on any atom is -0.394 e. The molecule has 20 heavy (non-hydrogen) atoms. The van der Waals surface area contributed by atoms with E-state index in [1.807, 2.05) is 6.07 Å². The molecule has 0 aliphatic heterocycles. The van der Waals surface area contributed by atoms with Gasteiger partial charge in [-0.1, -0.05) is 53.3 Å². The van der Waals surface area contributed by atoms with E-state index in [1.165, 1.54) is 0 Å². The minimum atomic E-state index is -3.77. The topological polar surface area (TPSA) is 79.3 Å². The van der Waals surface area contributed by atoms with Crippen molar-refractivity contribution < 1.29 is 13.5 Å². The molecule has 0 spiro atoms. The third-order valence-corrected chi connectivity index (χ3v) is 6.00. The van der Waals surface area contributed by atoms with E-state index in [0.717, 1.165) is 11.3 Å². The largest absolute Gasteiger partial charge is 0.394 e. The number of sulfonamides is 1. The predicted octanol–water partition coefficient (Wildman–Crippen LogP) is 2.12. The number of halogens is 1. The molecule has 8 heteroatoms. The summed E-state index contributed by atoms with van der Waals surface area (Å²) in [5.74, 6) is 0. The fourth-order valence-electron chi connectivity index (χ4n) is 1.74. The Morgan fingerprint density at radius 2 is 2.05 bits per heavy atom. The lowest BCUT2D eigenvalue weighted by Gasteiger charge is -2.16. The number of rotatable bonds is 5. The molecule has 0 aliphatic carbocycles. The van der Waals surface area contributed by atoms with Gasteiger partial charge in [0, 0.05) is 0 Å². The van der Waals surface area contributed by atoms with Crippen LogP contribution in [0.25, 0.3) is 0 Å². The number of hydrogen-bond donors (Lipinski definition) is 2. The van der Waals surface area contributed by atoms with E-state index in [4.69, 9.17) is 11.6 Å². The molecule has 1 heterocycles. The van der Waals surface area contributed by atoms with Gasteiger partial charge < -0.3 is 5.11 Å². The molecule has 2 aromatic rings. The number of nitrogens with one attached hydrogen (secondary N) is 1. The molecule has 0 aliphatic rings. The normalized spacial score (nSPS) is 13.3. The van der Waals surface area contributed by atoms with Crippen LogP contribution in [-0.2, 0) is 10.0 Å². The minimum absolute atomic E-state index is 0.0666. The molecule has 5 nitrogen and oxygen atoms in total. The first-order valence-electron chi connectivity index (χ1n) is 5.75. The van der Waals surface area contributed by atoms with Crippen molar-refractivity contribution in [2.24, 2.45) is 0 Å². The second kappa shape index (κ2) is 6.19. The molecule has 0 saturated carbocycles. The lowest BCUT2D eigenvalue weighted by molar-refractivity contribution is 0.259. The number of aryl methyl sites for hydroxylation is 1. The predicted molar refractivity (Wildman–Crippen MR) is 78.5 cm³/mol. The summed E-state index contributed by atoms with van der Waals surface area (Å²) in [6, 6.07) is 8.16. The highest BCUT2D eigenvalue weighted by Gasteiger charge is 2.25. The van der Waals surface area contributed by atoms with Crippen molar-refractivity contribution in [2.75, 3.05) is 6.61 Å². The zero-order chi connectivity index (χ0) is 14.8. The van der Waals surface area contributed by atoms with E-state index in [2.05, 4.69) is 9.71 Å². The van der Waals surface area contributed by atoms with Crippen molar-refractivity contribution >= 4 is 33.0 Å². The summed E-state index contributed by atoms with van der Waals surface area (Å²) in [6.45, 7) is 1.24. The number of hydrogen-bond acceptors (Lipinski definition) is 5. The van der Waals surface area contributed by atoms with Crippen LogP contribution in [0, 0.1) is 6.92 Å². The van der Waals surface area contributed by atoms with Crippen molar-refractivity contribution in [3.8, 4) is 0 Å². The maximum Gasteiger partial charge on any atom is 0.252 e. The van der Waals surface area contributed by atoms with Crippen molar-refractivity contribution in [1.82, 2.24) is 9.71 Å². The summed E-state index contributed by atoms with van der Waals surface area (Å²) < 4.78 is 27.3. The van der Waals surface area contributed by atoms with E-state index in [0.29, 0.717) is 11.3 Å². The van der Waals surface area contributed by atoms with Gasteiger partial charge >= 0.3 is 0 Å². The Bertz CT molecular complexity index is 686. The average molecular weight is 333 g/mol. The fraction of sp³-hybridized carbons (Fsp3) is 0.250. The van der Waals surface area contributed by atoms with E-state index in [9.17, 15) is 13.5 Å². The highest BCUT2D eigenvalue weighted by atomic mass is 35.5. The fourth-order valence-corrected chi connectivity index (χ4v) is 4.71. The smallest absolute Gasteiger partial charge is 0.252 e. The Morgan fingerprint density at radius 1 is 1.40 bits per heavy atom. The van der Waals surface area contributed by atoms with Crippen LogP contribution in [0.4, 0.5) is 0 Å². The van der Waals surface area contributed by atoms with Crippen molar-refractivity contribution in [3.63, 3.8) is 0 Å². The number of aliphatic hydroxyl groups is 1. The van der Waals surface area contributed by atoms with Gasteiger partial charge in [0.1, 0.15) is 0 Å². The molecule has 0 fully saturated rings. The van der Waals surface area contributed by atoms with E-state index in [-0.39, 0.29) is 15.3 Å². The SMILES string of the molecule is Cc1nc(Cl)sc1S(=O)(=O)N[C@@H](CO)c1ccccc1. The molecule has 1 atom stereocenters. The van der Waals surface area contributed by atoms with Crippen molar-refractivity contribution in [1.29, 1.82) is 0 Å². The number of aliphatic hydroxyl groups excluding tert-OH is 1. The third kappa shape index (κ3) is 3.36. The first-order valence-corrected chi connectivity index (χ1v) is 8.43. The van der Waals surface area contributed by atoms with Crippen LogP contribution in [0.15, 0.2) is 34.5 Å². The molecule has 0 unspecified atom stereocenters. The molecule has 0 saturated heterocycles. The number of thiazole rings is 1. The Labute approximate surface area is 126 Å². The third-order valence-electron chi connectivity index (χ3n) is 2.65. The quantitative estimate of drug-likeness (QED) is 0.879. The van der Waals surface area contributed by atoms with Crippen LogP contribution in [0.3, 0.4) is 0 Å². The van der Waals surface area contributed by atoms with Crippen molar-refractivity contribution in [3.05, 3.63) is 46.1 Å². The number of nitrogens with zero attached hydrogens (tertiary/aromatic N) is 1. The molecule has 108 valence electrons. The van der Waals surface area contributed by atoms with Gasteiger partial charge in [0.05, 0.1) is 18.3 Å².